The van der Waals surface area contributed by atoms with Crippen LogP contribution in [0.2, 0.25) is 5.02 Å². The molecule has 4 heteroatoms. The number of hydrogen-bond acceptors (Lipinski definition) is 2. The molecule has 1 aromatic rings. The molecule has 2 aliphatic rings. The highest BCUT2D eigenvalue weighted by atomic mass is 35.5. The van der Waals surface area contributed by atoms with E-state index in [1.807, 2.05) is 6.07 Å². The lowest BCUT2D eigenvalue weighted by Crippen LogP contribution is -2.17. The Kier molecular flexibility index (Phi) is 4.51. The maximum absolute atomic E-state index is 11.0. The molecular formula is C17H22ClNO2. The normalized spacial score (nSPS) is 26.9. The summed E-state index contributed by atoms with van der Waals surface area (Å²) in [5.41, 5.74) is 2.39. The molecule has 1 aliphatic heterocycles. The fraction of sp³-hybridized carbons (Fsp3) is 0.588. The van der Waals surface area contributed by atoms with Crippen LogP contribution in [0, 0.1) is 5.92 Å². The predicted octanol–water partition coefficient (Wildman–Crippen LogP) is 4.12. The van der Waals surface area contributed by atoms with Crippen LogP contribution >= 0.6 is 11.6 Å². The van der Waals surface area contributed by atoms with Gasteiger partial charge in [-0.1, -0.05) is 43.0 Å². The number of aliphatic carboxylic acids is 1. The van der Waals surface area contributed by atoms with Crippen molar-refractivity contribution in [1.29, 1.82) is 0 Å². The molecule has 2 unspecified atom stereocenters. The Hall–Kier alpha value is -1.06. The molecule has 114 valence electrons. The standard InChI is InChI=1S/C17H22ClNO2/c18-15-8-12(16-9-13(10-19-16)17(20)21)6-7-14(15)11-4-2-1-3-5-11/h6-8,11,13,16,19H,1-5,9-10H2,(H,20,21). The molecule has 21 heavy (non-hydrogen) atoms. The first-order chi connectivity index (χ1) is 10.1. The summed E-state index contributed by atoms with van der Waals surface area (Å²) < 4.78 is 0. The molecule has 0 aromatic heterocycles. The van der Waals surface area contributed by atoms with Crippen molar-refractivity contribution in [1.82, 2.24) is 5.32 Å². The topological polar surface area (TPSA) is 49.3 Å². The van der Waals surface area contributed by atoms with Gasteiger partial charge in [-0.2, -0.15) is 0 Å². The lowest BCUT2D eigenvalue weighted by atomic mass is 9.83. The second-order valence-electron chi connectivity index (χ2n) is 6.35. The summed E-state index contributed by atoms with van der Waals surface area (Å²) in [6.45, 7) is 0.544. The first kappa shape index (κ1) is 14.9. The van der Waals surface area contributed by atoms with Crippen molar-refractivity contribution in [2.45, 2.75) is 50.5 Å². The van der Waals surface area contributed by atoms with Crippen LogP contribution in [0.4, 0.5) is 0 Å². The minimum absolute atomic E-state index is 0.115. The minimum atomic E-state index is -0.713. The summed E-state index contributed by atoms with van der Waals surface area (Å²) in [4.78, 5) is 11.0. The number of nitrogens with one attached hydrogen (secondary N) is 1. The van der Waals surface area contributed by atoms with Gasteiger partial charge >= 0.3 is 5.97 Å². The maximum atomic E-state index is 11.0. The molecule has 2 atom stereocenters. The van der Waals surface area contributed by atoms with Crippen LogP contribution in [-0.2, 0) is 4.79 Å². The summed E-state index contributed by atoms with van der Waals surface area (Å²) in [5.74, 6) is -0.398. The van der Waals surface area contributed by atoms with E-state index in [-0.39, 0.29) is 12.0 Å². The third kappa shape index (κ3) is 3.24. The Morgan fingerprint density at radius 1 is 1.24 bits per heavy atom. The first-order valence-corrected chi connectivity index (χ1v) is 8.28. The molecular weight excluding hydrogens is 286 g/mol. The van der Waals surface area contributed by atoms with E-state index < -0.39 is 5.97 Å². The molecule has 0 bridgehead atoms. The molecule has 1 aromatic carbocycles. The van der Waals surface area contributed by atoms with Gasteiger partial charge in [0.25, 0.3) is 0 Å². The van der Waals surface area contributed by atoms with Gasteiger partial charge in [-0.25, -0.2) is 0 Å². The second kappa shape index (κ2) is 6.37. The number of carbonyl (C=O) groups is 1. The molecule has 0 spiro atoms. The van der Waals surface area contributed by atoms with Gasteiger partial charge in [-0.05, 0) is 42.4 Å². The highest BCUT2D eigenvalue weighted by Crippen LogP contribution is 2.38. The van der Waals surface area contributed by atoms with Crippen LogP contribution < -0.4 is 5.32 Å². The van der Waals surface area contributed by atoms with Crippen LogP contribution in [0.1, 0.15) is 61.6 Å². The van der Waals surface area contributed by atoms with E-state index in [1.54, 1.807) is 0 Å². The van der Waals surface area contributed by atoms with E-state index >= 15 is 0 Å². The Morgan fingerprint density at radius 2 is 2.00 bits per heavy atom. The highest BCUT2D eigenvalue weighted by molar-refractivity contribution is 6.31. The fourth-order valence-corrected chi connectivity index (χ4v) is 4.03. The van der Waals surface area contributed by atoms with Crippen molar-refractivity contribution in [3.8, 4) is 0 Å². The average molecular weight is 308 g/mol. The van der Waals surface area contributed by atoms with Crippen LogP contribution in [0.25, 0.3) is 0 Å². The van der Waals surface area contributed by atoms with E-state index in [0.29, 0.717) is 18.9 Å². The third-order valence-corrected chi connectivity index (χ3v) is 5.28. The van der Waals surface area contributed by atoms with Gasteiger partial charge in [0.05, 0.1) is 5.92 Å². The van der Waals surface area contributed by atoms with E-state index in [2.05, 4.69) is 17.4 Å². The number of rotatable bonds is 3. The summed E-state index contributed by atoms with van der Waals surface area (Å²) >= 11 is 6.50. The predicted molar refractivity (Wildman–Crippen MR) is 83.8 cm³/mol. The van der Waals surface area contributed by atoms with Crippen LogP contribution in [0.5, 0.6) is 0 Å². The molecule has 3 nitrogen and oxygen atoms in total. The number of carboxylic acid groups (broad SMARTS) is 1. The van der Waals surface area contributed by atoms with Gasteiger partial charge in [0.15, 0.2) is 0 Å². The highest BCUT2D eigenvalue weighted by Gasteiger charge is 2.30. The van der Waals surface area contributed by atoms with Gasteiger partial charge in [0.2, 0.25) is 0 Å². The Morgan fingerprint density at radius 3 is 2.62 bits per heavy atom. The number of hydrogen-bond donors (Lipinski definition) is 2. The van der Waals surface area contributed by atoms with Crippen LogP contribution in [0.3, 0.4) is 0 Å². The largest absolute Gasteiger partial charge is 0.481 e. The van der Waals surface area contributed by atoms with E-state index in [0.717, 1.165) is 10.6 Å². The lowest BCUT2D eigenvalue weighted by Gasteiger charge is -2.23. The molecule has 1 saturated carbocycles. The average Bonchev–Trinajstić information content (AvgIpc) is 2.98. The zero-order valence-corrected chi connectivity index (χ0v) is 12.9. The van der Waals surface area contributed by atoms with E-state index in [4.69, 9.17) is 16.7 Å². The molecule has 1 aliphatic carbocycles. The van der Waals surface area contributed by atoms with Crippen molar-refractivity contribution >= 4 is 17.6 Å². The molecule has 2 N–H and O–H groups in total. The van der Waals surface area contributed by atoms with Crippen molar-refractivity contribution in [3.05, 3.63) is 34.3 Å². The number of benzene rings is 1. The maximum Gasteiger partial charge on any atom is 0.307 e. The zero-order chi connectivity index (χ0) is 14.8. The van der Waals surface area contributed by atoms with Gasteiger partial charge in [-0.3, -0.25) is 4.79 Å². The van der Waals surface area contributed by atoms with Gasteiger partial charge < -0.3 is 10.4 Å². The summed E-state index contributed by atoms with van der Waals surface area (Å²) in [5, 5.41) is 13.2. The molecule has 0 amide bonds. The third-order valence-electron chi connectivity index (χ3n) is 4.95. The van der Waals surface area contributed by atoms with Crippen molar-refractivity contribution in [2.75, 3.05) is 6.54 Å². The SMILES string of the molecule is O=C(O)C1CNC(c2ccc(C3CCCCC3)c(Cl)c2)C1. The lowest BCUT2D eigenvalue weighted by molar-refractivity contribution is -0.141. The Labute approximate surface area is 130 Å². The van der Waals surface area contributed by atoms with E-state index in [9.17, 15) is 4.79 Å². The summed E-state index contributed by atoms with van der Waals surface area (Å²) in [6.07, 6.45) is 7.06. The molecule has 2 fully saturated rings. The monoisotopic (exact) mass is 307 g/mol. The number of carboxylic acids is 1. The second-order valence-corrected chi connectivity index (χ2v) is 6.75. The fourth-order valence-electron chi connectivity index (χ4n) is 3.68. The molecule has 3 rings (SSSR count). The molecule has 0 radical (unpaired) electrons. The van der Waals surface area contributed by atoms with Crippen molar-refractivity contribution in [3.63, 3.8) is 0 Å². The van der Waals surface area contributed by atoms with E-state index in [1.165, 1.54) is 37.7 Å². The van der Waals surface area contributed by atoms with Crippen molar-refractivity contribution < 1.29 is 9.90 Å². The van der Waals surface area contributed by atoms with Crippen LogP contribution in [0.15, 0.2) is 18.2 Å². The van der Waals surface area contributed by atoms with Gasteiger partial charge in [0, 0.05) is 17.6 Å². The quantitative estimate of drug-likeness (QED) is 0.883. The smallest absolute Gasteiger partial charge is 0.307 e. The molecule has 1 heterocycles. The summed E-state index contributed by atoms with van der Waals surface area (Å²) in [7, 11) is 0. The van der Waals surface area contributed by atoms with Crippen molar-refractivity contribution in [2.24, 2.45) is 5.92 Å². The van der Waals surface area contributed by atoms with Crippen LogP contribution in [-0.4, -0.2) is 17.6 Å². The zero-order valence-electron chi connectivity index (χ0n) is 12.1. The van der Waals surface area contributed by atoms with Gasteiger partial charge in [0.1, 0.15) is 0 Å². The molecule has 1 saturated heterocycles. The number of halogens is 1. The first-order valence-electron chi connectivity index (χ1n) is 7.90. The Balaban J connectivity index is 1.73. The summed E-state index contributed by atoms with van der Waals surface area (Å²) in [6, 6.07) is 6.43. The minimum Gasteiger partial charge on any atom is -0.481 e. The Bertz CT molecular complexity index is 526. The van der Waals surface area contributed by atoms with Gasteiger partial charge in [-0.15, -0.1) is 0 Å².